The Kier molecular flexibility index (Phi) is 3.94. The average molecular weight is 275 g/mol. The van der Waals surface area contributed by atoms with Crippen molar-refractivity contribution in [1.29, 1.82) is 0 Å². The topological polar surface area (TPSA) is 109 Å². The van der Waals surface area contributed by atoms with Gasteiger partial charge in [0, 0.05) is 18.7 Å². The van der Waals surface area contributed by atoms with Gasteiger partial charge in [-0.1, -0.05) is 0 Å². The first kappa shape index (κ1) is 13.5. The maximum Gasteiger partial charge on any atom is 0.277 e. The Labute approximate surface area is 114 Å². The first-order valence-electron chi connectivity index (χ1n) is 5.73. The van der Waals surface area contributed by atoms with Crippen molar-refractivity contribution in [3.05, 3.63) is 30.1 Å². The molecule has 2 aromatic rings. The number of hydrogen-bond acceptors (Lipinski definition) is 5. The summed E-state index contributed by atoms with van der Waals surface area (Å²) < 4.78 is 5.16. The lowest BCUT2D eigenvalue weighted by atomic mass is 10.2. The number of nitrogens with one attached hydrogen (secondary N) is 3. The van der Waals surface area contributed by atoms with Gasteiger partial charge in [0.15, 0.2) is 5.69 Å². The number of aromatic amines is 1. The fourth-order valence-corrected chi connectivity index (χ4v) is 1.57. The Morgan fingerprint density at radius 3 is 2.70 bits per heavy atom. The summed E-state index contributed by atoms with van der Waals surface area (Å²) >= 11 is 0. The quantitative estimate of drug-likeness (QED) is 0.772. The summed E-state index contributed by atoms with van der Waals surface area (Å²) in [5.74, 6) is -0.158. The minimum Gasteiger partial charge on any atom is -0.494 e. The molecule has 0 spiro atoms. The number of aromatic nitrogens is 3. The number of carbonyl (C=O) groups excluding carboxylic acids is 2. The van der Waals surface area contributed by atoms with E-state index in [4.69, 9.17) is 4.74 Å². The van der Waals surface area contributed by atoms with Crippen molar-refractivity contribution in [3.8, 4) is 5.75 Å². The summed E-state index contributed by atoms with van der Waals surface area (Å²) in [6.07, 6.45) is 1.32. The van der Waals surface area contributed by atoms with Gasteiger partial charge >= 0.3 is 0 Å². The number of amides is 2. The smallest absolute Gasteiger partial charge is 0.277 e. The van der Waals surface area contributed by atoms with Crippen molar-refractivity contribution >= 4 is 23.2 Å². The highest BCUT2D eigenvalue weighted by Gasteiger charge is 2.11. The van der Waals surface area contributed by atoms with E-state index in [1.807, 2.05) is 0 Å². The van der Waals surface area contributed by atoms with Gasteiger partial charge in [0.25, 0.3) is 5.91 Å². The second kappa shape index (κ2) is 5.83. The minimum absolute atomic E-state index is 0.176. The molecule has 1 heterocycles. The maximum absolute atomic E-state index is 11.8. The molecule has 0 saturated carbocycles. The van der Waals surface area contributed by atoms with Crippen molar-refractivity contribution < 1.29 is 14.3 Å². The zero-order valence-electron chi connectivity index (χ0n) is 10.9. The molecule has 2 amide bonds. The standard InChI is InChI=1S/C12H13N5O3/c1-7(18)14-9-4-3-8(5-11(9)20-2)15-12(19)10-6-13-17-16-10/h3-6H,1-2H3,(H,14,18)(H,15,19)(H,13,16,17). The highest BCUT2D eigenvalue weighted by atomic mass is 16.5. The largest absolute Gasteiger partial charge is 0.494 e. The zero-order chi connectivity index (χ0) is 14.5. The van der Waals surface area contributed by atoms with E-state index in [0.29, 0.717) is 17.1 Å². The second-order valence-electron chi connectivity index (χ2n) is 3.91. The molecule has 0 radical (unpaired) electrons. The van der Waals surface area contributed by atoms with Crippen LogP contribution in [0.25, 0.3) is 0 Å². The predicted molar refractivity (Wildman–Crippen MR) is 71.6 cm³/mol. The summed E-state index contributed by atoms with van der Waals surface area (Å²) in [6.45, 7) is 1.40. The van der Waals surface area contributed by atoms with Crippen molar-refractivity contribution in [1.82, 2.24) is 15.4 Å². The molecule has 20 heavy (non-hydrogen) atoms. The lowest BCUT2D eigenvalue weighted by molar-refractivity contribution is -0.114. The molecule has 0 aliphatic heterocycles. The van der Waals surface area contributed by atoms with E-state index in [-0.39, 0.29) is 11.6 Å². The fourth-order valence-electron chi connectivity index (χ4n) is 1.57. The number of hydrogen-bond donors (Lipinski definition) is 3. The van der Waals surface area contributed by atoms with Gasteiger partial charge in [-0.05, 0) is 12.1 Å². The lowest BCUT2D eigenvalue weighted by Crippen LogP contribution is -2.13. The maximum atomic E-state index is 11.8. The predicted octanol–water partition coefficient (Wildman–Crippen LogP) is 1.02. The van der Waals surface area contributed by atoms with Gasteiger partial charge in [-0.15, -0.1) is 0 Å². The number of benzene rings is 1. The molecule has 2 rings (SSSR count). The summed E-state index contributed by atoms with van der Waals surface area (Å²) in [5, 5.41) is 14.9. The fraction of sp³-hybridized carbons (Fsp3) is 0.167. The van der Waals surface area contributed by atoms with Crippen molar-refractivity contribution in [2.24, 2.45) is 0 Å². The lowest BCUT2D eigenvalue weighted by Gasteiger charge is -2.11. The molecule has 8 heteroatoms. The molecular weight excluding hydrogens is 262 g/mol. The molecule has 0 unspecified atom stereocenters. The highest BCUT2D eigenvalue weighted by molar-refractivity contribution is 6.03. The molecule has 0 fully saturated rings. The molecule has 0 atom stereocenters. The van der Waals surface area contributed by atoms with Crippen LogP contribution in [0.2, 0.25) is 0 Å². The SMILES string of the molecule is COc1cc(NC(=O)c2cn[nH]n2)ccc1NC(C)=O. The van der Waals surface area contributed by atoms with Gasteiger partial charge in [0.2, 0.25) is 5.91 Å². The number of methoxy groups -OCH3 is 1. The van der Waals surface area contributed by atoms with Crippen LogP contribution in [-0.4, -0.2) is 34.3 Å². The van der Waals surface area contributed by atoms with E-state index in [1.54, 1.807) is 18.2 Å². The van der Waals surface area contributed by atoms with Crippen molar-refractivity contribution in [2.75, 3.05) is 17.7 Å². The molecule has 0 bridgehead atoms. The summed E-state index contributed by atoms with van der Waals surface area (Å²) in [4.78, 5) is 22.8. The molecule has 3 N–H and O–H groups in total. The molecule has 0 aliphatic carbocycles. The Balaban J connectivity index is 2.17. The number of H-pyrrole nitrogens is 1. The molecule has 0 saturated heterocycles. The van der Waals surface area contributed by atoms with E-state index in [1.165, 1.54) is 20.2 Å². The summed E-state index contributed by atoms with van der Waals surface area (Å²) in [5.41, 5.74) is 1.22. The van der Waals surface area contributed by atoms with E-state index in [0.717, 1.165) is 0 Å². The van der Waals surface area contributed by atoms with Crippen LogP contribution in [-0.2, 0) is 4.79 Å². The zero-order valence-corrected chi connectivity index (χ0v) is 10.9. The van der Waals surface area contributed by atoms with Crippen LogP contribution in [0.5, 0.6) is 5.75 Å². The minimum atomic E-state index is -0.395. The van der Waals surface area contributed by atoms with Gasteiger partial charge in [0.1, 0.15) is 5.75 Å². The van der Waals surface area contributed by atoms with Crippen LogP contribution in [0.3, 0.4) is 0 Å². The second-order valence-corrected chi connectivity index (χ2v) is 3.91. The third-order valence-corrected chi connectivity index (χ3v) is 2.42. The molecule has 104 valence electrons. The normalized spacial score (nSPS) is 9.90. The third-order valence-electron chi connectivity index (χ3n) is 2.42. The third kappa shape index (κ3) is 3.10. The summed E-state index contributed by atoms with van der Waals surface area (Å²) in [6, 6.07) is 4.88. The number of nitrogens with zero attached hydrogens (tertiary/aromatic N) is 2. The van der Waals surface area contributed by atoms with Crippen LogP contribution in [0.15, 0.2) is 24.4 Å². The first-order chi connectivity index (χ1) is 9.60. The Hall–Kier alpha value is -2.90. The molecular formula is C12H13N5O3. The van der Waals surface area contributed by atoms with Crippen LogP contribution in [0.4, 0.5) is 11.4 Å². The van der Waals surface area contributed by atoms with Gasteiger partial charge < -0.3 is 15.4 Å². The average Bonchev–Trinajstić information content (AvgIpc) is 2.94. The van der Waals surface area contributed by atoms with E-state index >= 15 is 0 Å². The van der Waals surface area contributed by atoms with Gasteiger partial charge in [-0.3, -0.25) is 9.59 Å². The van der Waals surface area contributed by atoms with E-state index in [2.05, 4.69) is 26.0 Å². The van der Waals surface area contributed by atoms with Gasteiger partial charge in [-0.25, -0.2) is 0 Å². The van der Waals surface area contributed by atoms with Crippen LogP contribution < -0.4 is 15.4 Å². The number of rotatable bonds is 4. The molecule has 0 aliphatic rings. The van der Waals surface area contributed by atoms with Crippen molar-refractivity contribution in [2.45, 2.75) is 6.92 Å². The summed E-state index contributed by atoms with van der Waals surface area (Å²) in [7, 11) is 1.48. The Morgan fingerprint density at radius 2 is 2.10 bits per heavy atom. The number of carbonyl (C=O) groups is 2. The van der Waals surface area contributed by atoms with E-state index < -0.39 is 5.91 Å². The van der Waals surface area contributed by atoms with Crippen LogP contribution in [0.1, 0.15) is 17.4 Å². The Bertz CT molecular complexity index is 624. The monoisotopic (exact) mass is 275 g/mol. The van der Waals surface area contributed by atoms with Gasteiger partial charge in [-0.2, -0.15) is 15.4 Å². The first-order valence-corrected chi connectivity index (χ1v) is 5.73. The molecule has 8 nitrogen and oxygen atoms in total. The van der Waals surface area contributed by atoms with Crippen LogP contribution in [0, 0.1) is 0 Å². The van der Waals surface area contributed by atoms with Crippen LogP contribution >= 0.6 is 0 Å². The van der Waals surface area contributed by atoms with Crippen molar-refractivity contribution in [3.63, 3.8) is 0 Å². The number of anilines is 2. The number of ether oxygens (including phenoxy) is 1. The highest BCUT2D eigenvalue weighted by Crippen LogP contribution is 2.28. The molecule has 1 aromatic heterocycles. The van der Waals surface area contributed by atoms with Gasteiger partial charge in [0.05, 0.1) is 19.0 Å². The Morgan fingerprint density at radius 1 is 1.30 bits per heavy atom. The molecule has 1 aromatic carbocycles. The van der Waals surface area contributed by atoms with E-state index in [9.17, 15) is 9.59 Å².